The highest BCUT2D eigenvalue weighted by Crippen LogP contribution is 1.95. The van der Waals surface area contributed by atoms with Crippen LogP contribution in [0, 0.1) is 0 Å². The number of hydrogen-bond acceptors (Lipinski definition) is 4. The van der Waals surface area contributed by atoms with Gasteiger partial charge in [0.2, 0.25) is 0 Å². The van der Waals surface area contributed by atoms with Crippen molar-refractivity contribution in [2.45, 2.75) is 33.0 Å². The van der Waals surface area contributed by atoms with Gasteiger partial charge in [0.05, 0.1) is 0 Å². The number of carbonyl (C=O) groups is 2. The van der Waals surface area contributed by atoms with Gasteiger partial charge in [-0.15, -0.1) is 0 Å². The van der Waals surface area contributed by atoms with Gasteiger partial charge in [-0.25, -0.2) is 4.79 Å². The van der Waals surface area contributed by atoms with Crippen molar-refractivity contribution >= 4 is 11.8 Å². The number of esters is 1. The van der Waals surface area contributed by atoms with Crippen LogP contribution in [0.5, 0.6) is 0 Å². The van der Waals surface area contributed by atoms with Gasteiger partial charge in [0.15, 0.2) is 11.9 Å². The van der Waals surface area contributed by atoms with Crippen molar-refractivity contribution < 1.29 is 19.4 Å². The van der Waals surface area contributed by atoms with Crippen molar-refractivity contribution in [2.75, 3.05) is 0 Å². The van der Waals surface area contributed by atoms with Crippen LogP contribution in [0.3, 0.4) is 0 Å². The number of carbonyl (C=O) groups excluding carboxylic acids is 2. The van der Waals surface area contributed by atoms with Crippen LogP contribution in [-0.2, 0) is 14.3 Å². The molecule has 0 fully saturated rings. The molecule has 0 unspecified atom stereocenters. The van der Waals surface area contributed by atoms with Crippen LogP contribution in [0.1, 0.15) is 20.8 Å². The molecule has 0 rings (SSSR count). The first-order valence-electron chi connectivity index (χ1n) is 3.34. The molecule has 0 aliphatic heterocycles. The van der Waals surface area contributed by atoms with Gasteiger partial charge in [-0.1, -0.05) is 0 Å². The molecule has 0 saturated carbocycles. The molecule has 0 spiro atoms. The smallest absolute Gasteiger partial charge is 0.335 e. The Morgan fingerprint density at radius 1 is 1.36 bits per heavy atom. The molecule has 0 aliphatic rings. The molecule has 4 heteroatoms. The van der Waals surface area contributed by atoms with Gasteiger partial charge >= 0.3 is 5.97 Å². The van der Waals surface area contributed by atoms with Gasteiger partial charge in [-0.2, -0.15) is 0 Å². The number of aliphatic hydroxyl groups is 1. The Morgan fingerprint density at radius 3 is 2.09 bits per heavy atom. The van der Waals surface area contributed by atoms with Gasteiger partial charge in [0.25, 0.3) is 0 Å². The van der Waals surface area contributed by atoms with E-state index in [2.05, 4.69) is 4.74 Å². The minimum Gasteiger partial charge on any atom is -0.453 e. The summed E-state index contributed by atoms with van der Waals surface area (Å²) in [7, 11) is 0. The summed E-state index contributed by atoms with van der Waals surface area (Å²) in [6, 6.07) is 0. The van der Waals surface area contributed by atoms with E-state index >= 15 is 0 Å². The van der Waals surface area contributed by atoms with Gasteiger partial charge < -0.3 is 9.84 Å². The fraction of sp³-hybridized carbons (Fsp3) is 0.714. The minimum absolute atomic E-state index is 0.237. The Bertz CT molecular complexity index is 162. The predicted octanol–water partition coefficient (Wildman–Crippen LogP) is -0.112. The number of ketones is 1. The zero-order valence-corrected chi connectivity index (χ0v) is 6.83. The van der Waals surface area contributed by atoms with E-state index in [4.69, 9.17) is 5.11 Å². The summed E-state index contributed by atoms with van der Waals surface area (Å²) in [5.74, 6) is -1.01. The highest BCUT2D eigenvalue weighted by atomic mass is 16.6. The van der Waals surface area contributed by atoms with Crippen molar-refractivity contribution in [2.24, 2.45) is 0 Å². The second kappa shape index (κ2) is 4.08. The lowest BCUT2D eigenvalue weighted by atomic mass is 10.3. The molecule has 0 aromatic heterocycles. The van der Waals surface area contributed by atoms with E-state index in [1.807, 2.05) is 0 Å². The lowest BCUT2D eigenvalue weighted by Gasteiger charge is -2.10. The third-order valence-corrected chi connectivity index (χ3v) is 1.21. The number of rotatable bonds is 3. The molecule has 0 radical (unpaired) electrons. The molecule has 0 aliphatic carbocycles. The number of Topliss-reactive ketones (excluding diaryl/α,β-unsaturated/α-hetero) is 1. The van der Waals surface area contributed by atoms with Crippen LogP contribution in [-0.4, -0.2) is 29.1 Å². The van der Waals surface area contributed by atoms with Crippen molar-refractivity contribution in [3.63, 3.8) is 0 Å². The Balaban J connectivity index is 3.85. The topological polar surface area (TPSA) is 63.6 Å². The molecule has 0 aromatic rings. The third kappa shape index (κ3) is 3.72. The van der Waals surface area contributed by atoms with E-state index < -0.39 is 18.2 Å². The summed E-state index contributed by atoms with van der Waals surface area (Å²) in [5, 5.41) is 8.67. The maximum Gasteiger partial charge on any atom is 0.335 e. The van der Waals surface area contributed by atoms with Crippen LogP contribution in [0.4, 0.5) is 0 Å². The van der Waals surface area contributed by atoms with Gasteiger partial charge in [-0.05, 0) is 20.8 Å². The Labute approximate surface area is 65.2 Å². The maximum atomic E-state index is 10.6. The number of hydrogen-bond donors (Lipinski definition) is 1. The standard InChI is InChI=1S/C7H12O4/c1-4(8)6(3)11-7(10)5(2)9/h5-6,9H,1-3H3/t5-,6-/m0/s1. The quantitative estimate of drug-likeness (QED) is 0.585. The number of aliphatic hydroxyl groups excluding tert-OH is 1. The molecule has 0 saturated heterocycles. The molecule has 2 atom stereocenters. The second-order valence-corrected chi connectivity index (χ2v) is 2.37. The Hall–Kier alpha value is -0.900. The molecule has 1 N–H and O–H groups in total. The average Bonchev–Trinajstić information content (AvgIpc) is 1.87. The molecule has 11 heavy (non-hydrogen) atoms. The fourth-order valence-electron chi connectivity index (χ4n) is 0.356. The van der Waals surface area contributed by atoms with Crippen LogP contribution in [0.25, 0.3) is 0 Å². The van der Waals surface area contributed by atoms with E-state index in [9.17, 15) is 9.59 Å². The van der Waals surface area contributed by atoms with Crippen LogP contribution >= 0.6 is 0 Å². The van der Waals surface area contributed by atoms with E-state index in [-0.39, 0.29) is 5.78 Å². The average molecular weight is 160 g/mol. The molecule has 0 heterocycles. The summed E-state index contributed by atoms with van der Waals surface area (Å²) >= 11 is 0. The minimum atomic E-state index is -1.17. The van der Waals surface area contributed by atoms with E-state index in [1.54, 1.807) is 0 Å². The summed E-state index contributed by atoms with van der Waals surface area (Å²) in [6.45, 7) is 4.07. The first-order valence-corrected chi connectivity index (χ1v) is 3.34. The summed E-state index contributed by atoms with van der Waals surface area (Å²) in [6.07, 6.45) is -1.94. The molecule has 0 aromatic carbocycles. The van der Waals surface area contributed by atoms with Gasteiger partial charge in [0.1, 0.15) is 6.10 Å². The van der Waals surface area contributed by atoms with Crippen molar-refractivity contribution in [1.29, 1.82) is 0 Å². The monoisotopic (exact) mass is 160 g/mol. The van der Waals surface area contributed by atoms with Gasteiger partial charge in [0, 0.05) is 0 Å². The van der Waals surface area contributed by atoms with Crippen LogP contribution < -0.4 is 0 Å². The van der Waals surface area contributed by atoms with Gasteiger partial charge in [-0.3, -0.25) is 4.79 Å². The molecule has 4 nitrogen and oxygen atoms in total. The molecule has 64 valence electrons. The summed E-state index contributed by atoms with van der Waals surface area (Å²) < 4.78 is 4.53. The second-order valence-electron chi connectivity index (χ2n) is 2.37. The first-order chi connectivity index (χ1) is 4.95. The van der Waals surface area contributed by atoms with Crippen molar-refractivity contribution in [1.82, 2.24) is 0 Å². The Morgan fingerprint density at radius 2 is 1.82 bits per heavy atom. The lowest BCUT2D eigenvalue weighted by molar-refractivity contribution is -0.160. The maximum absolute atomic E-state index is 10.6. The van der Waals surface area contributed by atoms with E-state index in [0.29, 0.717) is 0 Å². The molecular weight excluding hydrogens is 148 g/mol. The largest absolute Gasteiger partial charge is 0.453 e. The van der Waals surface area contributed by atoms with E-state index in [0.717, 1.165) is 0 Å². The molecule has 0 bridgehead atoms. The third-order valence-electron chi connectivity index (χ3n) is 1.21. The molecule has 0 amide bonds. The number of ether oxygens (including phenoxy) is 1. The zero-order chi connectivity index (χ0) is 9.02. The SMILES string of the molecule is CC(=O)[C@H](C)OC(=O)[C@H](C)O. The first kappa shape index (κ1) is 10.1. The highest BCUT2D eigenvalue weighted by Gasteiger charge is 2.16. The normalized spacial score (nSPS) is 15.3. The fourth-order valence-corrected chi connectivity index (χ4v) is 0.356. The Kier molecular flexibility index (Phi) is 3.74. The summed E-state index contributed by atoms with van der Waals surface area (Å²) in [5.41, 5.74) is 0. The van der Waals surface area contributed by atoms with E-state index in [1.165, 1.54) is 20.8 Å². The van der Waals surface area contributed by atoms with Crippen LogP contribution in [0.2, 0.25) is 0 Å². The van der Waals surface area contributed by atoms with Crippen molar-refractivity contribution in [3.8, 4) is 0 Å². The lowest BCUT2D eigenvalue weighted by Crippen LogP contribution is -2.27. The summed E-state index contributed by atoms with van der Waals surface area (Å²) in [4.78, 5) is 21.2. The predicted molar refractivity (Wildman–Crippen MR) is 37.9 cm³/mol. The molecular formula is C7H12O4. The van der Waals surface area contributed by atoms with Crippen LogP contribution in [0.15, 0.2) is 0 Å². The van der Waals surface area contributed by atoms with Crippen molar-refractivity contribution in [3.05, 3.63) is 0 Å². The highest BCUT2D eigenvalue weighted by molar-refractivity contribution is 5.84. The zero-order valence-electron chi connectivity index (χ0n) is 6.83.